The van der Waals surface area contributed by atoms with Gasteiger partial charge in [0.05, 0.1) is 5.39 Å². The lowest BCUT2D eigenvalue weighted by Crippen LogP contribution is -2.19. The van der Waals surface area contributed by atoms with Crippen LogP contribution >= 0.6 is 0 Å². The van der Waals surface area contributed by atoms with E-state index < -0.39 is 0 Å². The van der Waals surface area contributed by atoms with E-state index >= 15 is 0 Å². The molecule has 142 valence electrons. The maximum atomic E-state index is 14.2. The molecule has 27 heavy (non-hydrogen) atoms. The summed E-state index contributed by atoms with van der Waals surface area (Å²) in [4.78, 5) is 0. The van der Waals surface area contributed by atoms with Gasteiger partial charge in [-0.1, -0.05) is 38.1 Å². The molecule has 5 heteroatoms. The molecule has 0 bridgehead atoms. The van der Waals surface area contributed by atoms with Crippen molar-refractivity contribution >= 4 is 16.8 Å². The Hall–Kier alpha value is -2.40. The van der Waals surface area contributed by atoms with Gasteiger partial charge in [0.2, 0.25) is 0 Å². The van der Waals surface area contributed by atoms with Crippen molar-refractivity contribution in [2.24, 2.45) is 5.41 Å². The van der Waals surface area contributed by atoms with Crippen molar-refractivity contribution in [2.75, 3.05) is 11.9 Å². The number of nitrogens with one attached hydrogen (secondary N) is 2. The number of fused-ring (bicyclic) bond motifs is 1. The van der Waals surface area contributed by atoms with Gasteiger partial charge in [-0.05, 0) is 53.6 Å². The second-order valence-corrected chi connectivity index (χ2v) is 8.62. The van der Waals surface area contributed by atoms with Gasteiger partial charge in [0, 0.05) is 24.7 Å². The summed E-state index contributed by atoms with van der Waals surface area (Å²) in [5, 5.41) is 11.9. The average Bonchev–Trinajstić information content (AvgIpc) is 3.37. The molecular weight excluding hydrogens is 341 g/mol. The van der Waals surface area contributed by atoms with Crippen molar-refractivity contribution in [3.8, 4) is 11.1 Å². The molecule has 1 aliphatic carbocycles. The van der Waals surface area contributed by atoms with Gasteiger partial charge in [0.15, 0.2) is 11.4 Å². The molecule has 0 saturated heterocycles. The summed E-state index contributed by atoms with van der Waals surface area (Å²) in [6.07, 6.45) is 2.38. The van der Waals surface area contributed by atoms with Gasteiger partial charge >= 0.3 is 0 Å². The average molecular weight is 367 g/mol. The van der Waals surface area contributed by atoms with Gasteiger partial charge in [-0.2, -0.15) is 0 Å². The van der Waals surface area contributed by atoms with Crippen molar-refractivity contribution in [1.29, 1.82) is 0 Å². The molecular formula is C22H26FN3O. The van der Waals surface area contributed by atoms with Crippen LogP contribution in [0.2, 0.25) is 0 Å². The predicted octanol–water partition coefficient (Wildman–Crippen LogP) is 5.34. The first kappa shape index (κ1) is 18.0. The Morgan fingerprint density at radius 1 is 1.11 bits per heavy atom. The van der Waals surface area contributed by atoms with Gasteiger partial charge in [0.25, 0.3) is 0 Å². The van der Waals surface area contributed by atoms with Crippen molar-refractivity contribution in [1.82, 2.24) is 10.5 Å². The summed E-state index contributed by atoms with van der Waals surface area (Å²) < 4.78 is 19.6. The van der Waals surface area contributed by atoms with Gasteiger partial charge in [-0.3, -0.25) is 0 Å². The fourth-order valence-electron chi connectivity index (χ4n) is 3.03. The highest BCUT2D eigenvalue weighted by atomic mass is 19.1. The fourth-order valence-corrected chi connectivity index (χ4v) is 3.03. The quantitative estimate of drug-likeness (QED) is 0.617. The molecule has 0 aliphatic heterocycles. The zero-order valence-electron chi connectivity index (χ0n) is 16.1. The Morgan fingerprint density at radius 2 is 1.85 bits per heavy atom. The summed E-state index contributed by atoms with van der Waals surface area (Å²) >= 11 is 0. The second-order valence-electron chi connectivity index (χ2n) is 8.62. The molecule has 2 N–H and O–H groups in total. The first-order valence-corrected chi connectivity index (χ1v) is 9.54. The molecule has 0 radical (unpaired) electrons. The molecule has 4 rings (SSSR count). The molecule has 0 spiro atoms. The van der Waals surface area contributed by atoms with Crippen LogP contribution in [0.25, 0.3) is 22.1 Å². The van der Waals surface area contributed by atoms with E-state index in [1.165, 1.54) is 12.8 Å². The zero-order valence-corrected chi connectivity index (χ0v) is 16.1. The SMILES string of the molecule is CC(C)(C)CNc1noc2ccc(-c3ccc(F)c(CNC4CC4)c3)cc12. The summed E-state index contributed by atoms with van der Waals surface area (Å²) in [6.45, 7) is 7.88. The molecule has 0 unspecified atom stereocenters. The van der Waals surface area contributed by atoms with Gasteiger partial charge < -0.3 is 15.2 Å². The monoisotopic (exact) mass is 367 g/mol. The minimum Gasteiger partial charge on any atom is -0.366 e. The van der Waals surface area contributed by atoms with Crippen LogP contribution in [0.1, 0.15) is 39.2 Å². The molecule has 2 aromatic carbocycles. The molecule has 1 saturated carbocycles. The Balaban J connectivity index is 1.62. The van der Waals surface area contributed by atoms with Crippen LogP contribution in [-0.4, -0.2) is 17.7 Å². The summed E-state index contributed by atoms with van der Waals surface area (Å²) in [5.74, 6) is 0.588. The number of aromatic nitrogens is 1. The number of anilines is 1. The molecule has 1 heterocycles. The predicted molar refractivity (Wildman–Crippen MR) is 107 cm³/mol. The third-order valence-electron chi connectivity index (χ3n) is 4.79. The van der Waals surface area contributed by atoms with E-state index in [1.54, 1.807) is 6.07 Å². The third kappa shape index (κ3) is 4.30. The topological polar surface area (TPSA) is 50.1 Å². The highest BCUT2D eigenvalue weighted by molar-refractivity contribution is 5.91. The van der Waals surface area contributed by atoms with Gasteiger partial charge in [-0.15, -0.1) is 0 Å². The second kappa shape index (κ2) is 6.97. The van der Waals surface area contributed by atoms with Crippen LogP contribution in [0.4, 0.5) is 10.2 Å². The van der Waals surface area contributed by atoms with E-state index in [-0.39, 0.29) is 11.2 Å². The maximum absolute atomic E-state index is 14.2. The Morgan fingerprint density at radius 3 is 2.59 bits per heavy atom. The Labute approximate surface area is 159 Å². The molecule has 0 amide bonds. The summed E-state index contributed by atoms with van der Waals surface area (Å²) in [5.41, 5.74) is 3.61. The van der Waals surface area contributed by atoms with E-state index in [0.29, 0.717) is 18.2 Å². The van der Waals surface area contributed by atoms with E-state index in [0.717, 1.165) is 34.5 Å². The lowest BCUT2D eigenvalue weighted by atomic mass is 9.97. The number of nitrogens with zero attached hydrogens (tertiary/aromatic N) is 1. The van der Waals surface area contributed by atoms with Crippen LogP contribution in [0.3, 0.4) is 0 Å². The summed E-state index contributed by atoms with van der Waals surface area (Å²) in [7, 11) is 0. The lowest BCUT2D eigenvalue weighted by molar-refractivity contribution is 0.434. The van der Waals surface area contributed by atoms with Crippen LogP contribution in [0.5, 0.6) is 0 Å². The molecule has 3 aromatic rings. The normalized spacial score (nSPS) is 14.7. The van der Waals surface area contributed by atoms with Crippen molar-refractivity contribution in [2.45, 2.75) is 46.2 Å². The number of hydrogen-bond donors (Lipinski definition) is 2. The first-order chi connectivity index (χ1) is 12.9. The van der Waals surface area contributed by atoms with Crippen molar-refractivity contribution in [3.63, 3.8) is 0 Å². The molecule has 1 fully saturated rings. The number of halogens is 1. The minimum atomic E-state index is -0.162. The van der Waals surface area contributed by atoms with Crippen LogP contribution in [0.15, 0.2) is 40.9 Å². The van der Waals surface area contributed by atoms with Crippen molar-refractivity contribution in [3.05, 3.63) is 47.8 Å². The Bertz CT molecular complexity index is 954. The Kier molecular flexibility index (Phi) is 4.64. The molecule has 4 nitrogen and oxygen atoms in total. The number of hydrogen-bond acceptors (Lipinski definition) is 4. The van der Waals surface area contributed by atoms with Gasteiger partial charge in [-0.25, -0.2) is 4.39 Å². The third-order valence-corrected chi connectivity index (χ3v) is 4.79. The number of rotatable bonds is 6. The molecule has 1 aromatic heterocycles. The summed E-state index contributed by atoms with van der Waals surface area (Å²) in [6, 6.07) is 11.8. The fraction of sp³-hybridized carbons (Fsp3) is 0.409. The maximum Gasteiger partial charge on any atom is 0.177 e. The standard InChI is InChI=1S/C22H26FN3O/c1-22(2,3)13-25-21-18-11-15(5-9-20(18)27-26-21)14-4-8-19(23)16(10-14)12-24-17-6-7-17/h4-5,8-11,17,24H,6-7,12-13H2,1-3H3,(H,25,26). The molecule has 1 aliphatic rings. The van der Waals surface area contributed by atoms with Crippen LogP contribution in [0, 0.1) is 11.2 Å². The van der Waals surface area contributed by atoms with E-state index in [1.807, 2.05) is 24.3 Å². The zero-order chi connectivity index (χ0) is 19.0. The van der Waals surface area contributed by atoms with Crippen LogP contribution in [-0.2, 0) is 6.54 Å². The largest absolute Gasteiger partial charge is 0.366 e. The minimum absolute atomic E-state index is 0.142. The first-order valence-electron chi connectivity index (χ1n) is 9.54. The highest BCUT2D eigenvalue weighted by Gasteiger charge is 2.21. The van der Waals surface area contributed by atoms with Gasteiger partial charge in [0.1, 0.15) is 5.82 Å². The van der Waals surface area contributed by atoms with Crippen LogP contribution < -0.4 is 10.6 Å². The molecule has 0 atom stereocenters. The van der Waals surface area contributed by atoms with E-state index in [4.69, 9.17) is 4.52 Å². The van der Waals surface area contributed by atoms with Crippen molar-refractivity contribution < 1.29 is 8.91 Å². The lowest BCUT2D eigenvalue weighted by Gasteiger charge is -2.18. The highest BCUT2D eigenvalue weighted by Crippen LogP contribution is 2.30. The number of benzene rings is 2. The van der Waals surface area contributed by atoms with E-state index in [2.05, 4.69) is 42.6 Å². The van der Waals surface area contributed by atoms with E-state index in [9.17, 15) is 4.39 Å². The smallest absolute Gasteiger partial charge is 0.177 e.